The normalized spacial score (nSPS) is 20.4. The Bertz CT molecular complexity index is 1060. The van der Waals surface area contributed by atoms with Crippen LogP contribution in [0.5, 0.6) is 5.75 Å². The molecule has 160 valence electrons. The summed E-state index contributed by atoms with van der Waals surface area (Å²) >= 11 is 1.45. The first-order chi connectivity index (χ1) is 15.0. The van der Waals surface area contributed by atoms with E-state index in [9.17, 15) is 9.59 Å². The highest BCUT2D eigenvalue weighted by Crippen LogP contribution is 2.44. The molecule has 0 N–H and O–H groups in total. The fourth-order valence-corrected chi connectivity index (χ4v) is 4.91. The highest BCUT2D eigenvalue weighted by molar-refractivity contribution is 8.15. The Kier molecular flexibility index (Phi) is 6.13. The summed E-state index contributed by atoms with van der Waals surface area (Å²) < 4.78 is 11.0. The number of allylic oxidation sites excluding steroid dienone is 1. The minimum absolute atomic E-state index is 0.0417. The number of thioether (sulfide) groups is 1. The molecule has 2 heterocycles. The average molecular weight is 437 g/mol. The minimum atomic E-state index is -0.609. The van der Waals surface area contributed by atoms with Gasteiger partial charge in [-0.3, -0.25) is 9.69 Å². The number of amides is 1. The first-order valence-electron chi connectivity index (χ1n) is 10.2. The molecule has 4 rings (SSSR count). The lowest BCUT2D eigenvalue weighted by atomic mass is 9.94. The van der Waals surface area contributed by atoms with Crippen molar-refractivity contribution in [3.05, 3.63) is 77.0 Å². The zero-order chi connectivity index (χ0) is 22.0. The molecule has 0 aromatic heterocycles. The molecule has 31 heavy (non-hydrogen) atoms. The third-order valence-corrected chi connectivity index (χ3v) is 6.68. The number of hydrogen-bond donors (Lipinski definition) is 0. The van der Waals surface area contributed by atoms with Crippen LogP contribution in [0.2, 0.25) is 0 Å². The standard InChI is InChI=1S/C24H24N2O4S/c1-4-19-22(27)26-21(17-11-8-12-18(13-17)29-3)20(15(2)25-24(26)31-19)23(28)30-14-16-9-6-5-7-10-16/h5-13,19,21H,4,14H2,1-3H3/t19-,21+/m1/s1. The quantitative estimate of drug-likeness (QED) is 0.625. The van der Waals surface area contributed by atoms with Crippen molar-refractivity contribution in [3.8, 4) is 5.75 Å². The van der Waals surface area contributed by atoms with Gasteiger partial charge < -0.3 is 9.47 Å². The van der Waals surface area contributed by atoms with E-state index in [1.165, 1.54) is 11.8 Å². The van der Waals surface area contributed by atoms with E-state index in [0.29, 0.717) is 28.6 Å². The zero-order valence-corrected chi connectivity index (χ0v) is 18.5. The van der Waals surface area contributed by atoms with E-state index in [2.05, 4.69) is 4.99 Å². The van der Waals surface area contributed by atoms with Crippen molar-refractivity contribution in [1.29, 1.82) is 0 Å². The van der Waals surface area contributed by atoms with Crippen LogP contribution in [0.15, 0.2) is 70.9 Å². The summed E-state index contributed by atoms with van der Waals surface area (Å²) in [7, 11) is 1.59. The topological polar surface area (TPSA) is 68.2 Å². The summed E-state index contributed by atoms with van der Waals surface area (Å²) in [6.07, 6.45) is 0.691. The molecule has 2 atom stereocenters. The number of carbonyl (C=O) groups excluding carboxylic acids is 2. The number of amidine groups is 1. The van der Waals surface area contributed by atoms with Gasteiger partial charge in [0.05, 0.1) is 29.7 Å². The summed E-state index contributed by atoms with van der Waals surface area (Å²) in [5.74, 6) is 0.136. The average Bonchev–Trinajstić information content (AvgIpc) is 3.12. The maximum atomic E-state index is 13.2. The molecule has 2 aromatic carbocycles. The molecule has 2 aliphatic heterocycles. The van der Waals surface area contributed by atoms with Gasteiger partial charge in [0.25, 0.3) is 0 Å². The van der Waals surface area contributed by atoms with E-state index in [-0.39, 0.29) is 17.8 Å². The smallest absolute Gasteiger partial charge is 0.338 e. The van der Waals surface area contributed by atoms with Gasteiger partial charge in [0.15, 0.2) is 5.17 Å². The van der Waals surface area contributed by atoms with Gasteiger partial charge in [-0.25, -0.2) is 9.79 Å². The Balaban J connectivity index is 1.73. The van der Waals surface area contributed by atoms with Crippen LogP contribution in [0.3, 0.4) is 0 Å². The highest BCUT2D eigenvalue weighted by atomic mass is 32.2. The lowest BCUT2D eigenvalue weighted by molar-refractivity contribution is -0.141. The number of benzene rings is 2. The summed E-state index contributed by atoms with van der Waals surface area (Å²) in [6, 6.07) is 16.3. The number of ether oxygens (including phenoxy) is 2. The predicted molar refractivity (Wildman–Crippen MR) is 121 cm³/mol. The van der Waals surface area contributed by atoms with Crippen molar-refractivity contribution < 1.29 is 19.1 Å². The van der Waals surface area contributed by atoms with Crippen LogP contribution < -0.4 is 4.74 Å². The van der Waals surface area contributed by atoms with Crippen LogP contribution in [0, 0.1) is 0 Å². The van der Waals surface area contributed by atoms with Gasteiger partial charge in [-0.2, -0.15) is 0 Å². The summed E-state index contributed by atoms with van der Waals surface area (Å²) in [5, 5.41) is 0.418. The second-order valence-electron chi connectivity index (χ2n) is 7.36. The molecule has 0 radical (unpaired) electrons. The van der Waals surface area contributed by atoms with Crippen molar-refractivity contribution >= 4 is 28.8 Å². The number of carbonyl (C=O) groups is 2. The fourth-order valence-electron chi connectivity index (χ4n) is 3.78. The van der Waals surface area contributed by atoms with Gasteiger partial charge in [-0.05, 0) is 36.6 Å². The Morgan fingerprint density at radius 1 is 1.16 bits per heavy atom. The molecule has 6 nitrogen and oxygen atoms in total. The fraction of sp³-hybridized carbons (Fsp3) is 0.292. The Hall–Kier alpha value is -3.06. The lowest BCUT2D eigenvalue weighted by Gasteiger charge is -2.33. The lowest BCUT2D eigenvalue weighted by Crippen LogP contribution is -2.40. The van der Waals surface area contributed by atoms with E-state index in [1.807, 2.05) is 61.5 Å². The first kappa shape index (κ1) is 21.2. The van der Waals surface area contributed by atoms with Crippen LogP contribution in [-0.2, 0) is 20.9 Å². The summed E-state index contributed by atoms with van der Waals surface area (Å²) in [6.45, 7) is 3.92. The van der Waals surface area contributed by atoms with Crippen LogP contribution in [-0.4, -0.2) is 34.3 Å². The molecule has 0 saturated carbocycles. The van der Waals surface area contributed by atoms with Crippen LogP contribution >= 0.6 is 11.8 Å². The molecule has 0 aliphatic carbocycles. The first-order valence-corrected chi connectivity index (χ1v) is 11.1. The number of fused-ring (bicyclic) bond motifs is 1. The van der Waals surface area contributed by atoms with Gasteiger partial charge in [-0.15, -0.1) is 0 Å². The number of esters is 1. The molecular weight excluding hydrogens is 412 g/mol. The van der Waals surface area contributed by atoms with Crippen molar-refractivity contribution in [3.63, 3.8) is 0 Å². The molecule has 0 spiro atoms. The number of aliphatic imine (C=N–C) groups is 1. The minimum Gasteiger partial charge on any atom is -0.497 e. The largest absolute Gasteiger partial charge is 0.497 e. The molecular formula is C24H24N2O4S. The van der Waals surface area contributed by atoms with Crippen molar-refractivity contribution in [1.82, 2.24) is 4.90 Å². The van der Waals surface area contributed by atoms with E-state index in [1.54, 1.807) is 18.9 Å². The second-order valence-corrected chi connectivity index (χ2v) is 8.53. The third kappa shape index (κ3) is 4.10. The number of methoxy groups -OCH3 is 1. The molecule has 1 saturated heterocycles. The van der Waals surface area contributed by atoms with Crippen molar-refractivity contribution in [2.24, 2.45) is 4.99 Å². The van der Waals surface area contributed by atoms with Gasteiger partial charge >= 0.3 is 5.97 Å². The monoisotopic (exact) mass is 436 g/mol. The maximum Gasteiger partial charge on any atom is 0.338 e. The van der Waals surface area contributed by atoms with Crippen LogP contribution in [0.4, 0.5) is 0 Å². The Morgan fingerprint density at radius 3 is 2.65 bits per heavy atom. The SMILES string of the molecule is CC[C@H]1SC2=NC(C)=C(C(=O)OCc3ccccc3)[C@H](c3cccc(OC)c3)N2C1=O. The molecule has 2 aliphatic rings. The van der Waals surface area contributed by atoms with Crippen molar-refractivity contribution in [2.75, 3.05) is 7.11 Å². The zero-order valence-electron chi connectivity index (χ0n) is 17.7. The van der Waals surface area contributed by atoms with Crippen LogP contribution in [0.25, 0.3) is 0 Å². The van der Waals surface area contributed by atoms with Crippen LogP contribution in [0.1, 0.15) is 37.4 Å². The van der Waals surface area contributed by atoms with Gasteiger partial charge in [0.1, 0.15) is 12.4 Å². The third-order valence-electron chi connectivity index (χ3n) is 5.36. The molecule has 1 amide bonds. The summed E-state index contributed by atoms with van der Waals surface area (Å²) in [5.41, 5.74) is 2.61. The molecule has 1 fully saturated rings. The molecule has 7 heteroatoms. The number of rotatable bonds is 6. The van der Waals surface area contributed by atoms with E-state index in [4.69, 9.17) is 9.47 Å². The van der Waals surface area contributed by atoms with E-state index < -0.39 is 12.0 Å². The second kappa shape index (κ2) is 8.98. The van der Waals surface area contributed by atoms with Gasteiger partial charge in [0, 0.05) is 0 Å². The Morgan fingerprint density at radius 2 is 1.94 bits per heavy atom. The van der Waals surface area contributed by atoms with Crippen molar-refractivity contribution in [2.45, 2.75) is 38.2 Å². The molecule has 2 aromatic rings. The van der Waals surface area contributed by atoms with E-state index in [0.717, 1.165) is 11.1 Å². The van der Waals surface area contributed by atoms with Gasteiger partial charge in [-0.1, -0.05) is 61.2 Å². The number of nitrogens with zero attached hydrogens (tertiary/aromatic N) is 2. The predicted octanol–water partition coefficient (Wildman–Crippen LogP) is 4.48. The molecule has 0 bridgehead atoms. The highest BCUT2D eigenvalue weighted by Gasteiger charge is 2.47. The summed E-state index contributed by atoms with van der Waals surface area (Å²) in [4.78, 5) is 32.7. The number of hydrogen-bond acceptors (Lipinski definition) is 6. The van der Waals surface area contributed by atoms with Gasteiger partial charge in [0.2, 0.25) is 5.91 Å². The van der Waals surface area contributed by atoms with E-state index >= 15 is 0 Å². The molecule has 0 unspecified atom stereocenters. The maximum absolute atomic E-state index is 13.2. The Labute approximate surface area is 185 Å².